The van der Waals surface area contributed by atoms with Gasteiger partial charge in [-0.25, -0.2) is 4.98 Å². The van der Waals surface area contributed by atoms with Gasteiger partial charge in [-0.3, -0.25) is 4.90 Å². The Morgan fingerprint density at radius 2 is 2.53 bits per heavy atom. The molecule has 5 heteroatoms. The molecule has 2 heterocycles. The molecule has 0 saturated carbocycles. The fourth-order valence-electron chi connectivity index (χ4n) is 2.01. The van der Waals surface area contributed by atoms with Crippen LogP contribution in [0.2, 0.25) is 0 Å². The summed E-state index contributed by atoms with van der Waals surface area (Å²) < 4.78 is 5.43. The molecular formula is C12H20N2O2S. The van der Waals surface area contributed by atoms with Gasteiger partial charge in [0.25, 0.3) is 0 Å². The number of hydrogen-bond acceptors (Lipinski definition) is 5. The number of aliphatic hydroxyl groups is 1. The molecule has 0 amide bonds. The van der Waals surface area contributed by atoms with Crippen molar-refractivity contribution in [3.8, 4) is 0 Å². The monoisotopic (exact) mass is 256 g/mol. The highest BCUT2D eigenvalue weighted by Crippen LogP contribution is 2.15. The van der Waals surface area contributed by atoms with Crippen LogP contribution in [0.15, 0.2) is 5.38 Å². The van der Waals surface area contributed by atoms with Crippen LogP contribution in [0, 0.1) is 0 Å². The zero-order valence-electron chi connectivity index (χ0n) is 10.3. The van der Waals surface area contributed by atoms with Gasteiger partial charge in [0.05, 0.1) is 30.0 Å². The molecule has 1 aliphatic rings. The zero-order valence-corrected chi connectivity index (χ0v) is 11.1. The molecule has 0 spiro atoms. The van der Waals surface area contributed by atoms with Crippen molar-refractivity contribution < 1.29 is 9.84 Å². The van der Waals surface area contributed by atoms with E-state index in [2.05, 4.69) is 22.2 Å². The summed E-state index contributed by atoms with van der Waals surface area (Å²) in [5, 5.41) is 12.5. The Kier molecular flexibility index (Phi) is 4.91. The van der Waals surface area contributed by atoms with E-state index in [0.717, 1.165) is 38.2 Å². The molecule has 1 N–H and O–H groups in total. The number of thiazole rings is 1. The van der Waals surface area contributed by atoms with Gasteiger partial charge >= 0.3 is 0 Å². The number of morpholine rings is 1. The van der Waals surface area contributed by atoms with Crippen LogP contribution in [-0.2, 0) is 17.7 Å². The molecule has 0 radical (unpaired) electrons. The number of nitrogens with zero attached hydrogens (tertiary/aromatic N) is 2. The Morgan fingerprint density at radius 3 is 3.29 bits per heavy atom. The van der Waals surface area contributed by atoms with Crippen LogP contribution >= 0.6 is 11.3 Å². The van der Waals surface area contributed by atoms with Gasteiger partial charge in [0.15, 0.2) is 0 Å². The Labute approximate surface area is 106 Å². The average molecular weight is 256 g/mol. The number of hydrogen-bond donors (Lipinski definition) is 1. The minimum absolute atomic E-state index is 0.0301. The van der Waals surface area contributed by atoms with Crippen molar-refractivity contribution in [2.24, 2.45) is 0 Å². The van der Waals surface area contributed by atoms with Crippen LogP contribution < -0.4 is 0 Å². The molecule has 1 aliphatic heterocycles. The first-order chi connectivity index (χ1) is 8.31. The molecule has 0 bridgehead atoms. The SMILES string of the molecule is CCCc1nc(CN2CCOC(CO)C2)cs1. The standard InChI is InChI=1S/C12H20N2O2S/c1-2-3-12-13-10(9-17-12)6-14-4-5-16-11(7-14)8-15/h9,11,15H,2-8H2,1H3. The first-order valence-corrected chi connectivity index (χ1v) is 7.08. The Balaban J connectivity index is 1.86. The van der Waals surface area contributed by atoms with Crippen molar-refractivity contribution >= 4 is 11.3 Å². The Bertz CT molecular complexity index is 343. The summed E-state index contributed by atoms with van der Waals surface area (Å²) in [5.41, 5.74) is 1.15. The van der Waals surface area contributed by atoms with Crippen LogP contribution in [0.1, 0.15) is 24.0 Å². The molecule has 96 valence electrons. The van der Waals surface area contributed by atoms with Gasteiger partial charge in [-0.15, -0.1) is 11.3 Å². The topological polar surface area (TPSA) is 45.6 Å². The minimum atomic E-state index is -0.0301. The molecule has 4 nitrogen and oxygen atoms in total. The van der Waals surface area contributed by atoms with Crippen LogP contribution in [0.3, 0.4) is 0 Å². The van der Waals surface area contributed by atoms with E-state index >= 15 is 0 Å². The van der Waals surface area contributed by atoms with Gasteiger partial charge in [-0.05, 0) is 12.8 Å². The van der Waals surface area contributed by atoms with Crippen LogP contribution in [0.5, 0.6) is 0 Å². The fourth-order valence-corrected chi connectivity index (χ4v) is 2.91. The van der Waals surface area contributed by atoms with Gasteiger partial charge < -0.3 is 9.84 Å². The average Bonchev–Trinajstić information content (AvgIpc) is 2.77. The molecule has 1 atom stereocenters. The maximum Gasteiger partial charge on any atom is 0.0933 e. The number of rotatable bonds is 5. The van der Waals surface area contributed by atoms with Gasteiger partial charge in [0.2, 0.25) is 0 Å². The normalized spacial score (nSPS) is 21.9. The van der Waals surface area contributed by atoms with Crippen molar-refractivity contribution in [1.82, 2.24) is 9.88 Å². The third-order valence-electron chi connectivity index (χ3n) is 2.88. The molecule has 1 saturated heterocycles. The van der Waals surface area contributed by atoms with E-state index in [4.69, 9.17) is 9.84 Å². The second-order valence-electron chi connectivity index (χ2n) is 4.39. The predicted molar refractivity (Wildman–Crippen MR) is 68.2 cm³/mol. The molecule has 0 aromatic carbocycles. The van der Waals surface area contributed by atoms with E-state index in [1.165, 1.54) is 5.01 Å². The fraction of sp³-hybridized carbons (Fsp3) is 0.750. The number of aryl methyl sites for hydroxylation is 1. The first kappa shape index (κ1) is 13.0. The van der Waals surface area contributed by atoms with Gasteiger partial charge in [0, 0.05) is 25.0 Å². The van der Waals surface area contributed by atoms with Crippen molar-refractivity contribution in [3.05, 3.63) is 16.1 Å². The van der Waals surface area contributed by atoms with Crippen molar-refractivity contribution in [1.29, 1.82) is 0 Å². The third kappa shape index (κ3) is 3.74. The van der Waals surface area contributed by atoms with Crippen LogP contribution in [0.25, 0.3) is 0 Å². The lowest BCUT2D eigenvalue weighted by Gasteiger charge is -2.31. The molecule has 17 heavy (non-hydrogen) atoms. The summed E-state index contributed by atoms with van der Waals surface area (Å²) >= 11 is 1.75. The van der Waals surface area contributed by atoms with Gasteiger partial charge in [-0.2, -0.15) is 0 Å². The maximum atomic E-state index is 9.08. The first-order valence-electron chi connectivity index (χ1n) is 6.20. The van der Waals surface area contributed by atoms with E-state index < -0.39 is 0 Å². The summed E-state index contributed by atoms with van der Waals surface area (Å²) in [4.78, 5) is 6.92. The molecule has 0 aliphatic carbocycles. The highest BCUT2D eigenvalue weighted by molar-refractivity contribution is 7.09. The highest BCUT2D eigenvalue weighted by atomic mass is 32.1. The highest BCUT2D eigenvalue weighted by Gasteiger charge is 2.20. The molecular weight excluding hydrogens is 236 g/mol. The summed E-state index contributed by atoms with van der Waals surface area (Å²) in [7, 11) is 0. The third-order valence-corrected chi connectivity index (χ3v) is 3.83. The number of ether oxygens (including phenoxy) is 1. The summed E-state index contributed by atoms with van der Waals surface area (Å²) in [6.45, 7) is 5.59. The smallest absolute Gasteiger partial charge is 0.0933 e. The molecule has 1 unspecified atom stereocenters. The van der Waals surface area contributed by atoms with Crippen LogP contribution in [0.4, 0.5) is 0 Å². The summed E-state index contributed by atoms with van der Waals surface area (Å²) in [6.07, 6.45) is 2.20. The van der Waals surface area contributed by atoms with Crippen molar-refractivity contribution in [2.45, 2.75) is 32.4 Å². The molecule has 1 aromatic heterocycles. The van der Waals surface area contributed by atoms with E-state index in [1.807, 2.05) is 0 Å². The Hall–Kier alpha value is -0.490. The van der Waals surface area contributed by atoms with E-state index in [1.54, 1.807) is 11.3 Å². The zero-order chi connectivity index (χ0) is 12.1. The lowest BCUT2D eigenvalue weighted by molar-refractivity contribution is -0.0553. The van der Waals surface area contributed by atoms with Gasteiger partial charge in [0.1, 0.15) is 0 Å². The second-order valence-corrected chi connectivity index (χ2v) is 5.34. The lowest BCUT2D eigenvalue weighted by Crippen LogP contribution is -2.43. The quantitative estimate of drug-likeness (QED) is 0.862. The molecule has 2 rings (SSSR count). The minimum Gasteiger partial charge on any atom is -0.394 e. The maximum absolute atomic E-state index is 9.08. The predicted octanol–water partition coefficient (Wildman–Crippen LogP) is 1.29. The van der Waals surface area contributed by atoms with Crippen molar-refractivity contribution in [2.75, 3.05) is 26.3 Å². The summed E-state index contributed by atoms with van der Waals surface area (Å²) in [6, 6.07) is 0. The largest absolute Gasteiger partial charge is 0.394 e. The molecule has 1 aromatic rings. The van der Waals surface area contributed by atoms with E-state index in [0.29, 0.717) is 6.61 Å². The summed E-state index contributed by atoms with van der Waals surface area (Å²) in [5.74, 6) is 0. The van der Waals surface area contributed by atoms with E-state index in [-0.39, 0.29) is 12.7 Å². The van der Waals surface area contributed by atoms with Crippen molar-refractivity contribution in [3.63, 3.8) is 0 Å². The number of aromatic nitrogens is 1. The molecule has 1 fully saturated rings. The van der Waals surface area contributed by atoms with E-state index in [9.17, 15) is 0 Å². The van der Waals surface area contributed by atoms with Crippen LogP contribution in [-0.4, -0.2) is 47.4 Å². The number of aliphatic hydroxyl groups excluding tert-OH is 1. The Morgan fingerprint density at radius 1 is 1.65 bits per heavy atom. The van der Waals surface area contributed by atoms with Gasteiger partial charge in [-0.1, -0.05) is 6.92 Å². The second kappa shape index (κ2) is 6.44. The lowest BCUT2D eigenvalue weighted by atomic mass is 10.2.